The SMILES string of the molecule is CC(C)(CF)OC(=O)c1ccc(N)c(C(=O)O)c1. The average Bonchev–Trinajstić information content (AvgIpc) is 2.28. The quantitative estimate of drug-likeness (QED) is 0.633. The first-order valence-electron chi connectivity index (χ1n) is 5.19. The van der Waals surface area contributed by atoms with E-state index in [2.05, 4.69) is 0 Å². The first-order valence-corrected chi connectivity index (χ1v) is 5.19. The van der Waals surface area contributed by atoms with Crippen LogP contribution in [0.2, 0.25) is 0 Å². The van der Waals surface area contributed by atoms with Crippen molar-refractivity contribution in [2.24, 2.45) is 0 Å². The van der Waals surface area contributed by atoms with E-state index in [0.717, 1.165) is 6.07 Å². The molecule has 0 saturated carbocycles. The van der Waals surface area contributed by atoms with Crippen molar-refractivity contribution in [3.8, 4) is 0 Å². The lowest BCUT2D eigenvalue weighted by Crippen LogP contribution is -2.30. The van der Waals surface area contributed by atoms with Crippen molar-refractivity contribution < 1.29 is 23.8 Å². The minimum atomic E-state index is -1.25. The molecule has 0 aliphatic rings. The van der Waals surface area contributed by atoms with Crippen LogP contribution in [0.5, 0.6) is 0 Å². The van der Waals surface area contributed by atoms with Gasteiger partial charge in [-0.1, -0.05) is 0 Å². The lowest BCUT2D eigenvalue weighted by molar-refractivity contribution is -0.0113. The summed E-state index contributed by atoms with van der Waals surface area (Å²) in [5, 5.41) is 8.86. The number of benzene rings is 1. The lowest BCUT2D eigenvalue weighted by atomic mass is 10.1. The van der Waals surface area contributed by atoms with E-state index in [1.165, 1.54) is 26.0 Å². The highest BCUT2D eigenvalue weighted by Gasteiger charge is 2.24. The molecule has 0 radical (unpaired) electrons. The second kappa shape index (κ2) is 5.03. The largest absolute Gasteiger partial charge is 0.478 e. The van der Waals surface area contributed by atoms with Crippen LogP contribution in [0.3, 0.4) is 0 Å². The van der Waals surface area contributed by atoms with Crippen molar-refractivity contribution in [3.05, 3.63) is 29.3 Å². The number of anilines is 1. The Bertz CT molecular complexity index is 485. The zero-order valence-electron chi connectivity index (χ0n) is 10.1. The maximum Gasteiger partial charge on any atom is 0.338 e. The Kier molecular flexibility index (Phi) is 3.90. The molecule has 0 fully saturated rings. The molecule has 0 amide bonds. The van der Waals surface area contributed by atoms with E-state index in [1.807, 2.05) is 0 Å². The average molecular weight is 255 g/mol. The van der Waals surface area contributed by atoms with Crippen molar-refractivity contribution >= 4 is 17.6 Å². The Morgan fingerprint density at radius 3 is 2.56 bits per heavy atom. The number of aromatic carboxylic acids is 1. The summed E-state index contributed by atoms with van der Waals surface area (Å²) in [5.74, 6) is -2.04. The minimum absolute atomic E-state index is 0.0168. The van der Waals surface area contributed by atoms with Crippen LogP contribution in [0.1, 0.15) is 34.6 Å². The van der Waals surface area contributed by atoms with Crippen LogP contribution in [0.4, 0.5) is 10.1 Å². The molecule has 0 aromatic heterocycles. The number of hydrogen-bond donors (Lipinski definition) is 2. The molecule has 98 valence electrons. The number of hydrogen-bond acceptors (Lipinski definition) is 4. The standard InChI is InChI=1S/C12H14FNO4/c1-12(2,6-13)18-11(17)7-3-4-9(14)8(5-7)10(15)16/h3-5H,6,14H2,1-2H3,(H,15,16). The minimum Gasteiger partial charge on any atom is -0.478 e. The molecule has 1 aromatic carbocycles. The Morgan fingerprint density at radius 2 is 2.06 bits per heavy atom. The topological polar surface area (TPSA) is 89.6 Å². The van der Waals surface area contributed by atoms with E-state index in [1.54, 1.807) is 0 Å². The Labute approximate surface area is 103 Å². The predicted octanol–water partition coefficient (Wildman–Crippen LogP) is 1.87. The van der Waals surface area contributed by atoms with Gasteiger partial charge in [0.1, 0.15) is 12.3 Å². The third kappa shape index (κ3) is 3.19. The molecule has 0 aliphatic heterocycles. The molecule has 0 aliphatic carbocycles. The second-order valence-electron chi connectivity index (χ2n) is 4.39. The van der Waals surface area contributed by atoms with Gasteiger partial charge >= 0.3 is 11.9 Å². The first kappa shape index (κ1) is 14.0. The number of alkyl halides is 1. The number of esters is 1. The normalized spacial score (nSPS) is 11.1. The van der Waals surface area contributed by atoms with Gasteiger partial charge in [-0.05, 0) is 32.0 Å². The summed E-state index contributed by atoms with van der Waals surface area (Å²) in [6.45, 7) is 2.00. The van der Waals surface area contributed by atoms with Crippen molar-refractivity contribution in [2.45, 2.75) is 19.4 Å². The zero-order valence-corrected chi connectivity index (χ0v) is 10.1. The van der Waals surface area contributed by atoms with Gasteiger partial charge in [0.15, 0.2) is 0 Å². The third-order valence-electron chi connectivity index (χ3n) is 2.21. The van der Waals surface area contributed by atoms with Gasteiger partial charge in [-0.2, -0.15) is 0 Å². The fraction of sp³-hybridized carbons (Fsp3) is 0.333. The van der Waals surface area contributed by atoms with Crippen LogP contribution in [0, 0.1) is 0 Å². The van der Waals surface area contributed by atoms with Gasteiger partial charge in [-0.3, -0.25) is 0 Å². The van der Waals surface area contributed by atoms with E-state index >= 15 is 0 Å². The molecule has 0 heterocycles. The highest BCUT2D eigenvalue weighted by Crippen LogP contribution is 2.18. The van der Waals surface area contributed by atoms with Crippen molar-refractivity contribution in [1.82, 2.24) is 0 Å². The first-order chi connectivity index (χ1) is 8.26. The van der Waals surface area contributed by atoms with E-state index < -0.39 is 24.2 Å². The van der Waals surface area contributed by atoms with Crippen molar-refractivity contribution in [1.29, 1.82) is 0 Å². The van der Waals surface area contributed by atoms with E-state index in [9.17, 15) is 14.0 Å². The number of rotatable bonds is 4. The maximum atomic E-state index is 12.5. The summed E-state index contributed by atoms with van der Waals surface area (Å²) in [5.41, 5.74) is 4.07. The summed E-state index contributed by atoms with van der Waals surface area (Å²) in [6.07, 6.45) is 0. The highest BCUT2D eigenvalue weighted by molar-refractivity contribution is 5.98. The number of halogens is 1. The molecule has 1 aromatic rings. The zero-order chi connectivity index (χ0) is 13.9. The molecule has 0 saturated heterocycles. The summed E-state index contributed by atoms with van der Waals surface area (Å²) >= 11 is 0. The Hall–Kier alpha value is -2.11. The number of carbonyl (C=O) groups excluding carboxylic acids is 1. The molecular weight excluding hydrogens is 241 g/mol. The highest BCUT2D eigenvalue weighted by atomic mass is 19.1. The Morgan fingerprint density at radius 1 is 1.44 bits per heavy atom. The molecule has 18 heavy (non-hydrogen) atoms. The van der Waals surface area contributed by atoms with Crippen LogP contribution in [-0.4, -0.2) is 29.3 Å². The van der Waals surface area contributed by atoms with Gasteiger partial charge in [0.2, 0.25) is 0 Å². The predicted molar refractivity (Wildman–Crippen MR) is 63.3 cm³/mol. The third-order valence-corrected chi connectivity index (χ3v) is 2.21. The number of nitrogen functional groups attached to an aromatic ring is 1. The Balaban J connectivity index is 3.01. The van der Waals surface area contributed by atoms with Gasteiger partial charge in [0.05, 0.1) is 11.1 Å². The van der Waals surface area contributed by atoms with Gasteiger partial charge in [0.25, 0.3) is 0 Å². The number of carboxylic acid groups (broad SMARTS) is 1. The molecule has 0 atom stereocenters. The van der Waals surface area contributed by atoms with Gasteiger partial charge < -0.3 is 15.6 Å². The smallest absolute Gasteiger partial charge is 0.338 e. The van der Waals surface area contributed by atoms with Gasteiger partial charge in [0, 0.05) is 5.69 Å². The molecule has 0 bridgehead atoms. The molecular formula is C12H14FNO4. The molecule has 6 heteroatoms. The summed E-state index contributed by atoms with van der Waals surface area (Å²) in [4.78, 5) is 22.5. The second-order valence-corrected chi connectivity index (χ2v) is 4.39. The molecule has 3 N–H and O–H groups in total. The maximum absolute atomic E-state index is 12.5. The fourth-order valence-electron chi connectivity index (χ4n) is 1.21. The molecule has 5 nitrogen and oxygen atoms in total. The van der Waals surface area contributed by atoms with Gasteiger partial charge in [-0.25, -0.2) is 14.0 Å². The number of carbonyl (C=O) groups is 2. The van der Waals surface area contributed by atoms with Crippen molar-refractivity contribution in [2.75, 3.05) is 12.4 Å². The number of ether oxygens (including phenoxy) is 1. The molecule has 0 spiro atoms. The summed E-state index contributed by atoms with van der Waals surface area (Å²) < 4.78 is 17.4. The summed E-state index contributed by atoms with van der Waals surface area (Å²) in [7, 11) is 0. The van der Waals surface area contributed by atoms with E-state index in [0.29, 0.717) is 0 Å². The molecule has 1 rings (SSSR count). The van der Waals surface area contributed by atoms with Crippen LogP contribution in [0.25, 0.3) is 0 Å². The monoisotopic (exact) mass is 255 g/mol. The van der Waals surface area contributed by atoms with Crippen LogP contribution < -0.4 is 5.73 Å². The fourth-order valence-corrected chi connectivity index (χ4v) is 1.21. The van der Waals surface area contributed by atoms with Gasteiger partial charge in [-0.15, -0.1) is 0 Å². The van der Waals surface area contributed by atoms with Crippen LogP contribution in [0.15, 0.2) is 18.2 Å². The molecule has 0 unspecified atom stereocenters. The number of nitrogens with two attached hydrogens (primary N) is 1. The van der Waals surface area contributed by atoms with Crippen LogP contribution >= 0.6 is 0 Å². The lowest BCUT2D eigenvalue weighted by Gasteiger charge is -2.21. The van der Waals surface area contributed by atoms with Crippen LogP contribution in [-0.2, 0) is 4.74 Å². The van der Waals surface area contributed by atoms with E-state index in [4.69, 9.17) is 15.6 Å². The number of carboxylic acids is 1. The van der Waals surface area contributed by atoms with Crippen molar-refractivity contribution in [3.63, 3.8) is 0 Å². The summed E-state index contributed by atoms with van der Waals surface area (Å²) in [6, 6.07) is 3.73. The van der Waals surface area contributed by atoms with E-state index in [-0.39, 0.29) is 16.8 Å².